The van der Waals surface area contributed by atoms with Crippen molar-refractivity contribution in [3.05, 3.63) is 0 Å². The molecule has 0 aromatic carbocycles. The van der Waals surface area contributed by atoms with Crippen LogP contribution in [0.2, 0.25) is 0 Å². The molecule has 0 radical (unpaired) electrons. The molecule has 2 nitrogen and oxygen atoms in total. The number of hydrogen-bond acceptors (Lipinski definition) is 2. The molecule has 1 atom stereocenters. The Morgan fingerprint density at radius 2 is 1.80 bits per heavy atom. The first kappa shape index (κ1) is 12.8. The van der Waals surface area contributed by atoms with Gasteiger partial charge in [-0.05, 0) is 18.8 Å². The maximum absolute atomic E-state index is 12.2. The molecule has 0 heterocycles. The van der Waals surface area contributed by atoms with Crippen LogP contribution in [0.5, 0.6) is 0 Å². The monoisotopic (exact) mass is 225 g/mol. The smallest absolute Gasteiger partial charge is 0.382 e. The molecule has 90 valence electrons. The Morgan fingerprint density at radius 1 is 1.27 bits per heavy atom. The van der Waals surface area contributed by atoms with E-state index < -0.39 is 12.3 Å². The molecule has 1 unspecified atom stereocenters. The van der Waals surface area contributed by atoms with Gasteiger partial charge in [-0.1, -0.05) is 13.8 Å². The lowest BCUT2D eigenvalue weighted by molar-refractivity contribution is -0.208. The van der Waals surface area contributed by atoms with Crippen LogP contribution in [0.4, 0.5) is 13.2 Å². The van der Waals surface area contributed by atoms with Gasteiger partial charge >= 0.3 is 6.18 Å². The lowest BCUT2D eigenvalue weighted by Gasteiger charge is -2.27. The van der Waals surface area contributed by atoms with Crippen LogP contribution in [0.1, 0.15) is 26.7 Å². The zero-order valence-corrected chi connectivity index (χ0v) is 9.09. The number of alkyl halides is 3. The van der Waals surface area contributed by atoms with E-state index >= 15 is 0 Å². The normalized spacial score (nSPS) is 20.0. The first-order valence-electron chi connectivity index (χ1n) is 5.29. The highest BCUT2D eigenvalue weighted by Gasteiger charge is 2.41. The highest BCUT2D eigenvalue weighted by Crippen LogP contribution is 2.29. The van der Waals surface area contributed by atoms with E-state index in [1.54, 1.807) is 4.90 Å². The van der Waals surface area contributed by atoms with Crippen molar-refractivity contribution in [2.24, 2.45) is 5.92 Å². The van der Waals surface area contributed by atoms with Gasteiger partial charge in [0.1, 0.15) is 0 Å². The van der Waals surface area contributed by atoms with Crippen LogP contribution in [-0.2, 0) is 0 Å². The lowest BCUT2D eigenvalue weighted by atomic mass is 10.2. The molecular formula is C10H18F3NO. The molecule has 0 aromatic heterocycles. The average molecular weight is 225 g/mol. The van der Waals surface area contributed by atoms with Gasteiger partial charge in [0.25, 0.3) is 0 Å². The van der Waals surface area contributed by atoms with Gasteiger partial charge < -0.3 is 5.11 Å². The Bertz CT molecular complexity index is 201. The molecule has 0 aromatic rings. The van der Waals surface area contributed by atoms with E-state index in [9.17, 15) is 13.2 Å². The van der Waals surface area contributed by atoms with Crippen LogP contribution < -0.4 is 0 Å². The molecule has 1 aliphatic carbocycles. The van der Waals surface area contributed by atoms with Crippen LogP contribution in [0.15, 0.2) is 0 Å². The summed E-state index contributed by atoms with van der Waals surface area (Å²) in [6, 6.07) is 0.254. The van der Waals surface area contributed by atoms with Gasteiger partial charge in [0, 0.05) is 19.1 Å². The van der Waals surface area contributed by atoms with Gasteiger partial charge in [-0.3, -0.25) is 4.90 Å². The fourth-order valence-electron chi connectivity index (χ4n) is 1.61. The molecule has 0 aliphatic heterocycles. The Labute approximate surface area is 88.1 Å². The van der Waals surface area contributed by atoms with E-state index in [2.05, 4.69) is 0 Å². The summed E-state index contributed by atoms with van der Waals surface area (Å²) in [6.45, 7) is 4.27. The van der Waals surface area contributed by atoms with Crippen LogP contribution >= 0.6 is 0 Å². The predicted molar refractivity (Wildman–Crippen MR) is 51.5 cm³/mol. The Kier molecular flexibility index (Phi) is 4.00. The summed E-state index contributed by atoms with van der Waals surface area (Å²) in [5.41, 5.74) is 0. The zero-order chi connectivity index (χ0) is 11.6. The maximum atomic E-state index is 12.2. The Morgan fingerprint density at radius 3 is 2.13 bits per heavy atom. The predicted octanol–water partition coefficient (Wildman–Crippen LogP) is 2.03. The second-order valence-corrected chi connectivity index (χ2v) is 4.64. The second kappa shape index (κ2) is 4.70. The molecular weight excluding hydrogens is 207 g/mol. The first-order chi connectivity index (χ1) is 6.80. The van der Waals surface area contributed by atoms with Gasteiger partial charge in [0.2, 0.25) is 0 Å². The third-order valence-electron chi connectivity index (χ3n) is 2.45. The van der Waals surface area contributed by atoms with Crippen LogP contribution in [0, 0.1) is 5.92 Å². The van der Waals surface area contributed by atoms with E-state index in [4.69, 9.17) is 5.11 Å². The largest absolute Gasteiger partial charge is 0.415 e. The van der Waals surface area contributed by atoms with E-state index in [0.717, 1.165) is 12.8 Å². The second-order valence-electron chi connectivity index (χ2n) is 4.64. The van der Waals surface area contributed by atoms with Crippen molar-refractivity contribution < 1.29 is 18.3 Å². The molecule has 15 heavy (non-hydrogen) atoms. The Hall–Kier alpha value is -0.290. The van der Waals surface area contributed by atoms with Crippen molar-refractivity contribution in [3.8, 4) is 0 Å². The van der Waals surface area contributed by atoms with Crippen molar-refractivity contribution in [1.82, 2.24) is 4.90 Å². The van der Waals surface area contributed by atoms with Crippen molar-refractivity contribution in [2.45, 2.75) is 45.0 Å². The van der Waals surface area contributed by atoms with Crippen molar-refractivity contribution in [2.75, 3.05) is 13.1 Å². The third kappa shape index (κ3) is 4.38. The fourth-order valence-corrected chi connectivity index (χ4v) is 1.61. The van der Waals surface area contributed by atoms with Crippen LogP contribution in [-0.4, -0.2) is 41.4 Å². The number of nitrogens with zero attached hydrogens (tertiary/aromatic N) is 1. The van der Waals surface area contributed by atoms with Gasteiger partial charge in [-0.15, -0.1) is 0 Å². The maximum Gasteiger partial charge on any atom is 0.415 e. The molecule has 0 spiro atoms. The molecule has 1 fully saturated rings. The lowest BCUT2D eigenvalue weighted by Crippen LogP contribution is -2.43. The quantitative estimate of drug-likeness (QED) is 0.774. The molecule has 1 N–H and O–H groups in total. The van der Waals surface area contributed by atoms with Gasteiger partial charge in [-0.25, -0.2) is 0 Å². The van der Waals surface area contributed by atoms with E-state index in [0.29, 0.717) is 12.5 Å². The minimum atomic E-state index is -4.50. The van der Waals surface area contributed by atoms with Gasteiger partial charge in [0.15, 0.2) is 6.10 Å². The minimum Gasteiger partial charge on any atom is -0.382 e. The summed E-state index contributed by atoms with van der Waals surface area (Å²) < 4.78 is 36.5. The number of rotatable bonds is 5. The Balaban J connectivity index is 2.43. The van der Waals surface area contributed by atoms with Gasteiger partial charge in [-0.2, -0.15) is 13.2 Å². The summed E-state index contributed by atoms with van der Waals surface area (Å²) >= 11 is 0. The van der Waals surface area contributed by atoms with E-state index in [1.165, 1.54) is 0 Å². The standard InChI is InChI=1S/C10H18F3NO/c1-7(2)5-14(8-3-4-8)6-9(15)10(11,12)13/h7-9,15H,3-6H2,1-2H3. The number of hydrogen-bond donors (Lipinski definition) is 1. The number of aliphatic hydroxyl groups excluding tert-OH is 1. The molecule has 0 bridgehead atoms. The highest BCUT2D eigenvalue weighted by molar-refractivity contribution is 4.87. The molecule has 0 amide bonds. The number of aliphatic hydroxyl groups is 1. The van der Waals surface area contributed by atoms with Crippen LogP contribution in [0.25, 0.3) is 0 Å². The SMILES string of the molecule is CC(C)CN(CC(O)C(F)(F)F)C1CC1. The first-order valence-corrected chi connectivity index (χ1v) is 5.29. The van der Waals surface area contributed by atoms with E-state index in [-0.39, 0.29) is 12.6 Å². The highest BCUT2D eigenvalue weighted by atomic mass is 19.4. The zero-order valence-electron chi connectivity index (χ0n) is 9.09. The van der Waals surface area contributed by atoms with Gasteiger partial charge in [0.05, 0.1) is 0 Å². The summed E-state index contributed by atoms with van der Waals surface area (Å²) in [4.78, 5) is 1.75. The topological polar surface area (TPSA) is 23.5 Å². The van der Waals surface area contributed by atoms with Crippen molar-refractivity contribution >= 4 is 0 Å². The summed E-state index contributed by atoms with van der Waals surface area (Å²) in [7, 11) is 0. The fraction of sp³-hybridized carbons (Fsp3) is 1.00. The summed E-state index contributed by atoms with van der Waals surface area (Å²) in [5, 5.41) is 8.98. The van der Waals surface area contributed by atoms with Crippen molar-refractivity contribution in [3.63, 3.8) is 0 Å². The molecule has 1 saturated carbocycles. The average Bonchev–Trinajstić information content (AvgIpc) is 2.81. The molecule has 1 aliphatic rings. The minimum absolute atomic E-state index is 0.254. The van der Waals surface area contributed by atoms with Crippen molar-refractivity contribution in [1.29, 1.82) is 0 Å². The number of halogens is 3. The summed E-state index contributed by atoms with van der Waals surface area (Å²) in [5.74, 6) is 0.325. The van der Waals surface area contributed by atoms with E-state index in [1.807, 2.05) is 13.8 Å². The van der Waals surface area contributed by atoms with Crippen LogP contribution in [0.3, 0.4) is 0 Å². The third-order valence-corrected chi connectivity index (χ3v) is 2.45. The summed E-state index contributed by atoms with van der Waals surface area (Å²) in [6.07, 6.45) is -4.80. The molecule has 1 rings (SSSR count). The molecule has 5 heteroatoms. The molecule has 0 saturated heterocycles.